The predicted octanol–water partition coefficient (Wildman–Crippen LogP) is 2.07. The molecule has 0 bridgehead atoms. The van der Waals surface area contributed by atoms with Crippen LogP contribution in [0.25, 0.3) is 0 Å². The molecule has 1 aromatic rings. The predicted molar refractivity (Wildman–Crippen MR) is 79.7 cm³/mol. The number of aromatic nitrogens is 2. The molecule has 4 nitrogen and oxygen atoms in total. The summed E-state index contributed by atoms with van der Waals surface area (Å²) in [6.07, 6.45) is 6.94. The fraction of sp³-hybridized carbons (Fsp3) is 0.786. The number of likely N-dealkylation sites (tertiary alicyclic amines) is 1. The van der Waals surface area contributed by atoms with Crippen molar-refractivity contribution in [1.82, 2.24) is 20.0 Å². The van der Waals surface area contributed by atoms with Gasteiger partial charge in [-0.05, 0) is 45.2 Å². The molecule has 2 fully saturated rings. The number of nitrogens with zero attached hydrogens (tertiary/aromatic N) is 3. The van der Waals surface area contributed by atoms with Crippen LogP contribution < -0.4 is 5.32 Å². The van der Waals surface area contributed by atoms with Gasteiger partial charge in [-0.3, -0.25) is 9.58 Å². The highest BCUT2D eigenvalue weighted by molar-refractivity contribution is 5.85. The molecule has 5 heteroatoms. The van der Waals surface area contributed by atoms with Gasteiger partial charge in [-0.2, -0.15) is 5.10 Å². The maximum absolute atomic E-state index is 4.42. The van der Waals surface area contributed by atoms with Crippen molar-refractivity contribution < 1.29 is 0 Å². The van der Waals surface area contributed by atoms with Gasteiger partial charge in [-0.25, -0.2) is 0 Å². The molecule has 2 aliphatic heterocycles. The molecule has 1 aromatic heterocycles. The summed E-state index contributed by atoms with van der Waals surface area (Å²) in [5.74, 6) is 0. The lowest BCUT2D eigenvalue weighted by Crippen LogP contribution is -2.28. The Balaban J connectivity index is 0.00000133. The average Bonchev–Trinajstić information content (AvgIpc) is 3.03. The van der Waals surface area contributed by atoms with Crippen molar-refractivity contribution in [2.24, 2.45) is 5.41 Å². The van der Waals surface area contributed by atoms with E-state index in [0.717, 1.165) is 6.54 Å². The van der Waals surface area contributed by atoms with Crippen LogP contribution in [0.5, 0.6) is 0 Å². The summed E-state index contributed by atoms with van der Waals surface area (Å²) in [6.45, 7) is 10.3. The van der Waals surface area contributed by atoms with Gasteiger partial charge in [0.1, 0.15) is 0 Å². The topological polar surface area (TPSA) is 33.1 Å². The van der Waals surface area contributed by atoms with E-state index < -0.39 is 0 Å². The molecular weight excluding hydrogens is 260 g/mol. The normalized spacial score (nSPS) is 27.3. The summed E-state index contributed by atoms with van der Waals surface area (Å²) in [7, 11) is 0. The Hall–Kier alpha value is -0.580. The second-order valence-corrected chi connectivity index (χ2v) is 6.31. The molecule has 0 aromatic carbocycles. The van der Waals surface area contributed by atoms with Gasteiger partial charge >= 0.3 is 0 Å². The molecule has 0 amide bonds. The summed E-state index contributed by atoms with van der Waals surface area (Å²) >= 11 is 0. The highest BCUT2D eigenvalue weighted by Crippen LogP contribution is 2.36. The van der Waals surface area contributed by atoms with Crippen LogP contribution in [0.2, 0.25) is 0 Å². The summed E-state index contributed by atoms with van der Waals surface area (Å²) in [6, 6.07) is 0.461. The zero-order valence-corrected chi connectivity index (χ0v) is 12.7. The molecule has 0 aliphatic carbocycles. The van der Waals surface area contributed by atoms with Crippen molar-refractivity contribution >= 4 is 12.4 Å². The van der Waals surface area contributed by atoms with E-state index >= 15 is 0 Å². The molecule has 0 saturated carbocycles. The summed E-state index contributed by atoms with van der Waals surface area (Å²) in [5.41, 5.74) is 1.93. The van der Waals surface area contributed by atoms with Gasteiger partial charge in [-0.1, -0.05) is 0 Å². The van der Waals surface area contributed by atoms with E-state index in [0.29, 0.717) is 11.5 Å². The van der Waals surface area contributed by atoms with Gasteiger partial charge in [0.15, 0.2) is 0 Å². The van der Waals surface area contributed by atoms with Crippen molar-refractivity contribution in [3.8, 4) is 0 Å². The van der Waals surface area contributed by atoms with Crippen LogP contribution in [0.3, 0.4) is 0 Å². The van der Waals surface area contributed by atoms with E-state index in [1.807, 2.05) is 6.20 Å². The van der Waals surface area contributed by atoms with E-state index in [-0.39, 0.29) is 12.4 Å². The summed E-state index contributed by atoms with van der Waals surface area (Å²) in [4.78, 5) is 2.59. The van der Waals surface area contributed by atoms with Crippen LogP contribution >= 0.6 is 12.4 Å². The van der Waals surface area contributed by atoms with Gasteiger partial charge in [0.05, 0.1) is 6.20 Å². The van der Waals surface area contributed by atoms with Gasteiger partial charge in [-0.15, -0.1) is 12.4 Å². The minimum Gasteiger partial charge on any atom is -0.316 e. The largest absolute Gasteiger partial charge is 0.316 e. The third kappa shape index (κ3) is 3.12. The maximum Gasteiger partial charge on any atom is 0.0534 e. The molecule has 0 radical (unpaired) electrons. The SMILES string of the molecule is CC(C)n1cc(CN2CCC3(CCNC3)C2)cn1.Cl. The number of halogens is 1. The third-order valence-electron chi connectivity index (χ3n) is 4.44. The minimum absolute atomic E-state index is 0. The van der Waals surface area contributed by atoms with Crippen molar-refractivity contribution in [1.29, 1.82) is 0 Å². The number of rotatable bonds is 3. The molecule has 1 unspecified atom stereocenters. The molecule has 2 aliphatic rings. The Bertz CT molecular complexity index is 409. The maximum atomic E-state index is 4.42. The van der Waals surface area contributed by atoms with Gasteiger partial charge in [0.2, 0.25) is 0 Å². The molecule has 2 saturated heterocycles. The molecule has 19 heavy (non-hydrogen) atoms. The van der Waals surface area contributed by atoms with E-state index in [9.17, 15) is 0 Å². The van der Waals surface area contributed by atoms with Crippen LogP contribution in [0, 0.1) is 5.41 Å². The molecule has 3 rings (SSSR count). The van der Waals surface area contributed by atoms with E-state index in [1.54, 1.807) is 0 Å². The molecule has 1 atom stereocenters. The average molecular weight is 285 g/mol. The Labute approximate surface area is 122 Å². The van der Waals surface area contributed by atoms with Crippen molar-refractivity contribution in [2.45, 2.75) is 39.3 Å². The van der Waals surface area contributed by atoms with E-state index in [2.05, 4.69) is 40.0 Å². The Morgan fingerprint density at radius 2 is 2.26 bits per heavy atom. The Morgan fingerprint density at radius 1 is 1.42 bits per heavy atom. The van der Waals surface area contributed by atoms with Gasteiger partial charge in [0.25, 0.3) is 0 Å². The van der Waals surface area contributed by atoms with Crippen molar-refractivity contribution in [3.05, 3.63) is 18.0 Å². The quantitative estimate of drug-likeness (QED) is 0.922. The van der Waals surface area contributed by atoms with Gasteiger partial charge in [0, 0.05) is 37.4 Å². The lowest BCUT2D eigenvalue weighted by atomic mass is 9.87. The first-order valence-corrected chi connectivity index (χ1v) is 7.13. The van der Waals surface area contributed by atoms with Crippen LogP contribution in [0.4, 0.5) is 0 Å². The van der Waals surface area contributed by atoms with Gasteiger partial charge < -0.3 is 5.32 Å². The van der Waals surface area contributed by atoms with Crippen LogP contribution in [0.1, 0.15) is 38.3 Å². The first-order valence-electron chi connectivity index (χ1n) is 7.13. The lowest BCUT2D eigenvalue weighted by molar-refractivity contribution is 0.268. The van der Waals surface area contributed by atoms with Crippen molar-refractivity contribution in [2.75, 3.05) is 26.2 Å². The first-order chi connectivity index (χ1) is 8.67. The summed E-state index contributed by atoms with van der Waals surface area (Å²) < 4.78 is 2.05. The fourth-order valence-electron chi connectivity index (χ4n) is 3.31. The minimum atomic E-state index is 0. The lowest BCUT2D eigenvalue weighted by Gasteiger charge is -2.22. The molecular formula is C14H25ClN4. The second-order valence-electron chi connectivity index (χ2n) is 6.31. The monoisotopic (exact) mass is 284 g/mol. The molecule has 108 valence electrons. The zero-order chi connectivity index (χ0) is 12.6. The second kappa shape index (κ2) is 5.81. The van der Waals surface area contributed by atoms with Crippen LogP contribution in [-0.4, -0.2) is 40.9 Å². The first kappa shape index (κ1) is 14.8. The molecule has 3 heterocycles. The molecule has 1 spiro atoms. The Kier molecular flexibility index (Phi) is 4.54. The van der Waals surface area contributed by atoms with Crippen molar-refractivity contribution in [3.63, 3.8) is 0 Å². The molecule has 1 N–H and O–H groups in total. The van der Waals surface area contributed by atoms with Crippen LogP contribution in [-0.2, 0) is 6.54 Å². The fourth-order valence-corrected chi connectivity index (χ4v) is 3.31. The van der Waals surface area contributed by atoms with Crippen LogP contribution in [0.15, 0.2) is 12.4 Å². The smallest absolute Gasteiger partial charge is 0.0534 e. The number of nitrogens with one attached hydrogen (secondary N) is 1. The highest BCUT2D eigenvalue weighted by atomic mass is 35.5. The van der Waals surface area contributed by atoms with E-state index in [4.69, 9.17) is 0 Å². The third-order valence-corrected chi connectivity index (χ3v) is 4.44. The Morgan fingerprint density at radius 3 is 2.89 bits per heavy atom. The van der Waals surface area contributed by atoms with E-state index in [1.165, 1.54) is 44.6 Å². The highest BCUT2D eigenvalue weighted by Gasteiger charge is 2.40. The number of hydrogen-bond acceptors (Lipinski definition) is 3. The standard InChI is InChI=1S/C14H24N4.ClH/c1-12(2)18-9-13(7-16-18)8-17-6-4-14(11-17)3-5-15-10-14;/h7,9,12,15H,3-6,8,10-11H2,1-2H3;1H. The number of hydrogen-bond donors (Lipinski definition) is 1. The summed E-state index contributed by atoms with van der Waals surface area (Å²) in [5, 5.41) is 7.94. The zero-order valence-electron chi connectivity index (χ0n) is 11.9.